The Morgan fingerprint density at radius 3 is 2.49 bits per heavy atom. The molecule has 1 N–H and O–H groups in total. The van der Waals surface area contributed by atoms with Gasteiger partial charge < -0.3 is 10.1 Å². The fourth-order valence-corrected chi connectivity index (χ4v) is 5.27. The van der Waals surface area contributed by atoms with Crippen molar-refractivity contribution in [2.45, 2.75) is 26.1 Å². The molecule has 2 heterocycles. The number of para-hydroxylation sites is 1. The molecule has 0 radical (unpaired) electrons. The standard InChI is InChI=1S/C31H24F3N7O3S/c1-19(2)25-5-3-4-6-26(25)41-27(42)17-45-30(41)38-29(43)36-16-22(15-35)20-7-9-21(10-8-20)28-37-18-40(39-28)23-11-13-24(14-12-23)44-31(32,33)34/h3-14,16,18-19H,17H2,1-2H3,(H,36,43)/b22-16+,38-30?. The zero-order valence-corrected chi connectivity index (χ0v) is 24.6. The van der Waals surface area contributed by atoms with E-state index in [4.69, 9.17) is 0 Å². The van der Waals surface area contributed by atoms with Gasteiger partial charge in [0, 0.05) is 11.8 Å². The molecule has 1 aliphatic rings. The first-order valence-electron chi connectivity index (χ1n) is 13.4. The number of benzene rings is 3. The van der Waals surface area contributed by atoms with Crippen molar-refractivity contribution in [2.24, 2.45) is 4.99 Å². The third kappa shape index (κ3) is 7.39. The van der Waals surface area contributed by atoms with Crippen LogP contribution < -0.4 is 15.0 Å². The summed E-state index contributed by atoms with van der Waals surface area (Å²) < 4.78 is 42.5. The molecule has 1 fully saturated rings. The van der Waals surface area contributed by atoms with E-state index in [9.17, 15) is 28.0 Å². The van der Waals surface area contributed by atoms with E-state index in [1.807, 2.05) is 44.2 Å². The summed E-state index contributed by atoms with van der Waals surface area (Å²) in [6, 6.07) is 20.6. The van der Waals surface area contributed by atoms with E-state index in [1.54, 1.807) is 24.3 Å². The van der Waals surface area contributed by atoms with E-state index in [1.165, 1.54) is 46.4 Å². The fourth-order valence-electron chi connectivity index (χ4n) is 4.41. The number of allylic oxidation sites excluding steroid dienone is 1. The van der Waals surface area contributed by atoms with Gasteiger partial charge in [-0.15, -0.1) is 18.3 Å². The molecule has 0 saturated carbocycles. The Morgan fingerprint density at radius 1 is 1.11 bits per heavy atom. The van der Waals surface area contributed by atoms with Crippen molar-refractivity contribution in [3.8, 4) is 28.9 Å². The lowest BCUT2D eigenvalue weighted by atomic mass is 10.0. The molecular weight excluding hydrogens is 607 g/mol. The monoisotopic (exact) mass is 631 g/mol. The van der Waals surface area contributed by atoms with Crippen molar-refractivity contribution in [3.05, 3.63) is 96.5 Å². The van der Waals surface area contributed by atoms with Gasteiger partial charge in [0.15, 0.2) is 11.0 Å². The highest BCUT2D eigenvalue weighted by Gasteiger charge is 2.32. The van der Waals surface area contributed by atoms with Gasteiger partial charge >= 0.3 is 12.4 Å². The summed E-state index contributed by atoms with van der Waals surface area (Å²) >= 11 is 1.16. The predicted molar refractivity (Wildman–Crippen MR) is 164 cm³/mol. The number of thioether (sulfide) groups is 1. The van der Waals surface area contributed by atoms with Gasteiger partial charge in [0.1, 0.15) is 18.1 Å². The molecule has 0 atom stereocenters. The van der Waals surface area contributed by atoms with Gasteiger partial charge in [-0.2, -0.15) is 10.3 Å². The van der Waals surface area contributed by atoms with Crippen LogP contribution in [0.1, 0.15) is 30.9 Å². The molecule has 0 spiro atoms. The van der Waals surface area contributed by atoms with Crippen molar-refractivity contribution in [2.75, 3.05) is 10.7 Å². The van der Waals surface area contributed by atoms with Crippen LogP contribution in [0.2, 0.25) is 0 Å². The first-order valence-corrected chi connectivity index (χ1v) is 14.4. The number of alkyl halides is 3. The van der Waals surface area contributed by atoms with Gasteiger partial charge in [0.25, 0.3) is 0 Å². The van der Waals surface area contributed by atoms with Crippen LogP contribution in [-0.4, -0.2) is 44.0 Å². The molecule has 0 unspecified atom stereocenters. The van der Waals surface area contributed by atoms with Crippen LogP contribution in [0.4, 0.5) is 23.7 Å². The van der Waals surface area contributed by atoms with Gasteiger partial charge in [0.2, 0.25) is 5.91 Å². The van der Waals surface area contributed by atoms with Crippen molar-refractivity contribution in [1.29, 1.82) is 5.26 Å². The number of carbonyl (C=O) groups is 2. The molecule has 3 aromatic carbocycles. The first kappa shape index (κ1) is 31.0. The Kier molecular flexibility index (Phi) is 9.01. The number of amidine groups is 1. The molecule has 45 heavy (non-hydrogen) atoms. The minimum atomic E-state index is -4.78. The predicted octanol–water partition coefficient (Wildman–Crippen LogP) is 6.67. The number of nitrogens with zero attached hydrogens (tertiary/aromatic N) is 6. The summed E-state index contributed by atoms with van der Waals surface area (Å²) in [6.07, 6.45) is -2.12. The second kappa shape index (κ2) is 13.1. The Balaban J connectivity index is 1.27. The number of nitriles is 1. The lowest BCUT2D eigenvalue weighted by Gasteiger charge is -2.21. The largest absolute Gasteiger partial charge is 0.573 e. The van der Waals surface area contributed by atoms with Gasteiger partial charge in [-0.3, -0.25) is 9.69 Å². The number of rotatable bonds is 7. The van der Waals surface area contributed by atoms with Crippen LogP contribution in [0.15, 0.2) is 90.3 Å². The van der Waals surface area contributed by atoms with Crippen LogP contribution >= 0.6 is 11.8 Å². The van der Waals surface area contributed by atoms with Crippen LogP contribution in [-0.2, 0) is 4.79 Å². The molecule has 4 aromatic rings. The highest BCUT2D eigenvalue weighted by molar-refractivity contribution is 8.15. The van der Waals surface area contributed by atoms with Crippen LogP contribution in [0, 0.1) is 11.3 Å². The Morgan fingerprint density at radius 2 is 1.82 bits per heavy atom. The Hall–Kier alpha value is -5.42. The summed E-state index contributed by atoms with van der Waals surface area (Å²) in [4.78, 5) is 35.2. The number of halogens is 3. The normalized spacial score (nSPS) is 14.6. The summed E-state index contributed by atoms with van der Waals surface area (Å²) in [6.45, 7) is 4.03. The second-order valence-electron chi connectivity index (χ2n) is 9.88. The number of carbonyl (C=O) groups excluding carboxylic acids is 2. The topological polar surface area (TPSA) is 126 Å². The number of hydrogen-bond acceptors (Lipinski definition) is 7. The van der Waals surface area contributed by atoms with E-state index in [2.05, 4.69) is 25.1 Å². The van der Waals surface area contributed by atoms with Crippen molar-refractivity contribution in [1.82, 2.24) is 20.1 Å². The minimum absolute atomic E-state index is 0.149. The number of nitrogens with one attached hydrogen (secondary N) is 1. The molecule has 3 amide bonds. The summed E-state index contributed by atoms with van der Waals surface area (Å²) in [5, 5.41) is 16.8. The maximum absolute atomic E-state index is 12.7. The molecule has 1 aliphatic heterocycles. The number of hydrogen-bond donors (Lipinski definition) is 1. The lowest BCUT2D eigenvalue weighted by molar-refractivity contribution is -0.274. The van der Waals surface area contributed by atoms with E-state index in [-0.39, 0.29) is 34.1 Å². The molecule has 1 saturated heterocycles. The molecule has 0 bridgehead atoms. The minimum Gasteiger partial charge on any atom is -0.406 e. The maximum atomic E-state index is 12.7. The average Bonchev–Trinajstić information content (AvgIpc) is 3.64. The molecule has 10 nitrogen and oxygen atoms in total. The third-order valence-corrected chi connectivity index (χ3v) is 7.43. The van der Waals surface area contributed by atoms with Crippen LogP contribution in [0.3, 0.4) is 0 Å². The first-order chi connectivity index (χ1) is 21.5. The van der Waals surface area contributed by atoms with Crippen molar-refractivity contribution < 1.29 is 27.5 Å². The number of anilines is 1. The lowest BCUT2D eigenvalue weighted by Crippen LogP contribution is -2.31. The van der Waals surface area contributed by atoms with Crippen molar-refractivity contribution >= 4 is 40.1 Å². The fraction of sp³-hybridized carbons (Fsp3) is 0.161. The zero-order chi connectivity index (χ0) is 32.1. The van der Waals surface area contributed by atoms with E-state index in [0.29, 0.717) is 28.3 Å². The van der Waals surface area contributed by atoms with Gasteiger partial charge in [-0.25, -0.2) is 14.5 Å². The zero-order valence-electron chi connectivity index (χ0n) is 23.8. The van der Waals surface area contributed by atoms with E-state index in [0.717, 1.165) is 17.3 Å². The number of ether oxygens (including phenoxy) is 1. The molecule has 14 heteroatoms. The van der Waals surface area contributed by atoms with Gasteiger partial charge in [0.05, 0.1) is 22.7 Å². The van der Waals surface area contributed by atoms with Gasteiger partial charge in [-0.1, -0.05) is 68.1 Å². The average molecular weight is 632 g/mol. The summed E-state index contributed by atoms with van der Waals surface area (Å²) in [7, 11) is 0. The van der Waals surface area contributed by atoms with Crippen LogP contribution in [0.25, 0.3) is 22.6 Å². The van der Waals surface area contributed by atoms with E-state index >= 15 is 0 Å². The Labute approximate surface area is 259 Å². The molecule has 5 rings (SSSR count). The number of aliphatic imine (C=N–C) groups is 1. The van der Waals surface area contributed by atoms with Crippen LogP contribution in [0.5, 0.6) is 5.75 Å². The molecular formula is C31H24F3N7O3S. The second-order valence-corrected chi connectivity index (χ2v) is 10.8. The molecule has 1 aromatic heterocycles. The SMILES string of the molecule is CC(C)c1ccccc1N1C(=O)CSC1=NC(=O)N/C=C(\C#N)c1ccc(-c2ncn(-c3ccc(OC(F)(F)F)cc3)n2)cc1. The number of aromatic nitrogens is 3. The molecule has 0 aliphatic carbocycles. The Bertz CT molecular complexity index is 1830. The van der Waals surface area contributed by atoms with E-state index < -0.39 is 12.4 Å². The summed E-state index contributed by atoms with van der Waals surface area (Å²) in [5.74, 6) is 0.113. The van der Waals surface area contributed by atoms with Crippen molar-refractivity contribution in [3.63, 3.8) is 0 Å². The maximum Gasteiger partial charge on any atom is 0.573 e. The number of urea groups is 1. The number of amides is 3. The quantitative estimate of drug-likeness (QED) is 0.226. The third-order valence-electron chi connectivity index (χ3n) is 6.50. The summed E-state index contributed by atoms with van der Waals surface area (Å²) in [5.41, 5.74) is 3.38. The smallest absolute Gasteiger partial charge is 0.406 e. The van der Waals surface area contributed by atoms with Gasteiger partial charge in [-0.05, 0) is 47.4 Å². The molecule has 228 valence electrons. The highest BCUT2D eigenvalue weighted by Crippen LogP contribution is 2.33. The highest BCUT2D eigenvalue weighted by atomic mass is 32.2.